The van der Waals surface area contributed by atoms with E-state index in [0.717, 1.165) is 28.2 Å². The Kier molecular flexibility index (Phi) is 5.03. The topological polar surface area (TPSA) is 67.3 Å². The number of hydrogen-bond donors (Lipinski definition) is 0. The standard InChI is InChI=1S/C21H20N2O3S2/c1-15(21(24)23-12-11-16-7-5-6-10-19(16)23)28(25,26)14-18-13-27-20(22-18)17-8-3-2-4-9-17/h2-10,13,15H,11-12,14H2,1H3/t15-/m0/s1. The number of thiazole rings is 1. The molecule has 1 atom stereocenters. The van der Waals surface area contributed by atoms with Crippen molar-refractivity contribution >= 4 is 32.8 Å². The molecule has 0 saturated heterocycles. The van der Waals surface area contributed by atoms with Crippen LogP contribution in [0.4, 0.5) is 5.69 Å². The fraction of sp³-hybridized carbons (Fsp3) is 0.238. The molecule has 4 rings (SSSR count). The molecule has 1 amide bonds. The van der Waals surface area contributed by atoms with Crippen LogP contribution in [-0.2, 0) is 26.8 Å². The maximum atomic E-state index is 12.9. The molecule has 0 radical (unpaired) electrons. The van der Waals surface area contributed by atoms with Crippen molar-refractivity contribution in [2.45, 2.75) is 24.3 Å². The van der Waals surface area contributed by atoms with Gasteiger partial charge in [-0.25, -0.2) is 13.4 Å². The Morgan fingerprint density at radius 3 is 2.64 bits per heavy atom. The molecule has 0 fully saturated rings. The lowest BCUT2D eigenvalue weighted by Crippen LogP contribution is -2.41. The Morgan fingerprint density at radius 2 is 1.86 bits per heavy atom. The summed E-state index contributed by atoms with van der Waals surface area (Å²) < 4.78 is 25.7. The lowest BCUT2D eigenvalue weighted by atomic mass is 10.2. The van der Waals surface area contributed by atoms with E-state index < -0.39 is 15.1 Å². The van der Waals surface area contributed by atoms with Gasteiger partial charge in [0.25, 0.3) is 0 Å². The van der Waals surface area contributed by atoms with Gasteiger partial charge in [0.2, 0.25) is 5.91 Å². The van der Waals surface area contributed by atoms with Gasteiger partial charge >= 0.3 is 0 Å². The smallest absolute Gasteiger partial charge is 0.245 e. The van der Waals surface area contributed by atoms with Crippen molar-refractivity contribution in [2.24, 2.45) is 0 Å². The molecular weight excluding hydrogens is 392 g/mol. The van der Waals surface area contributed by atoms with Crippen LogP contribution >= 0.6 is 11.3 Å². The number of rotatable bonds is 5. The predicted octanol–water partition coefficient (Wildman–Crippen LogP) is 3.70. The van der Waals surface area contributed by atoms with E-state index in [1.165, 1.54) is 18.3 Å². The molecule has 0 spiro atoms. The van der Waals surface area contributed by atoms with Gasteiger partial charge in [-0.1, -0.05) is 48.5 Å². The maximum absolute atomic E-state index is 12.9. The quantitative estimate of drug-likeness (QED) is 0.641. The van der Waals surface area contributed by atoms with Crippen LogP contribution in [0.1, 0.15) is 18.2 Å². The fourth-order valence-electron chi connectivity index (χ4n) is 3.36. The molecule has 0 aliphatic carbocycles. The van der Waals surface area contributed by atoms with Crippen LogP contribution in [0, 0.1) is 0 Å². The lowest BCUT2D eigenvalue weighted by Gasteiger charge is -2.21. The van der Waals surface area contributed by atoms with E-state index in [4.69, 9.17) is 0 Å². The van der Waals surface area contributed by atoms with Gasteiger partial charge in [-0.3, -0.25) is 4.79 Å². The molecule has 1 aliphatic rings. The molecule has 5 nitrogen and oxygen atoms in total. The zero-order chi connectivity index (χ0) is 19.7. The number of anilines is 1. The summed E-state index contributed by atoms with van der Waals surface area (Å²) in [6.45, 7) is 2.00. The first-order valence-corrected chi connectivity index (χ1v) is 11.7. The molecule has 28 heavy (non-hydrogen) atoms. The summed E-state index contributed by atoms with van der Waals surface area (Å²) in [4.78, 5) is 18.9. The van der Waals surface area contributed by atoms with Gasteiger partial charge in [0.05, 0.1) is 11.4 Å². The number of fused-ring (bicyclic) bond motifs is 1. The highest BCUT2D eigenvalue weighted by Gasteiger charge is 2.35. The van der Waals surface area contributed by atoms with Crippen LogP contribution < -0.4 is 4.90 Å². The third-order valence-corrected chi connectivity index (χ3v) is 7.88. The third kappa shape index (κ3) is 3.59. The Hall–Kier alpha value is -2.51. The average molecular weight is 413 g/mol. The fourth-order valence-corrected chi connectivity index (χ4v) is 5.53. The summed E-state index contributed by atoms with van der Waals surface area (Å²) >= 11 is 1.41. The number of amides is 1. The first kappa shape index (κ1) is 18.8. The second kappa shape index (κ2) is 7.48. The minimum absolute atomic E-state index is 0.237. The predicted molar refractivity (Wildman–Crippen MR) is 112 cm³/mol. The van der Waals surface area contributed by atoms with Gasteiger partial charge in [-0.15, -0.1) is 11.3 Å². The van der Waals surface area contributed by atoms with Crippen molar-refractivity contribution in [1.29, 1.82) is 0 Å². The monoisotopic (exact) mass is 412 g/mol. The first-order valence-electron chi connectivity index (χ1n) is 9.06. The second-order valence-electron chi connectivity index (χ2n) is 6.83. The molecule has 0 bridgehead atoms. The van der Waals surface area contributed by atoms with Crippen molar-refractivity contribution in [1.82, 2.24) is 4.98 Å². The van der Waals surface area contributed by atoms with Crippen LogP contribution in [0.25, 0.3) is 10.6 Å². The molecule has 0 N–H and O–H groups in total. The minimum atomic E-state index is -3.67. The lowest BCUT2D eigenvalue weighted by molar-refractivity contribution is -0.117. The van der Waals surface area contributed by atoms with E-state index in [-0.39, 0.29) is 11.7 Å². The zero-order valence-electron chi connectivity index (χ0n) is 15.4. The molecule has 144 valence electrons. The largest absolute Gasteiger partial charge is 0.311 e. The molecule has 3 aromatic rings. The third-order valence-electron chi connectivity index (χ3n) is 4.96. The maximum Gasteiger partial charge on any atom is 0.245 e. The number of carbonyl (C=O) groups is 1. The summed E-state index contributed by atoms with van der Waals surface area (Å²) in [6.07, 6.45) is 0.751. The van der Waals surface area contributed by atoms with E-state index in [1.54, 1.807) is 10.3 Å². The molecule has 0 unspecified atom stereocenters. The van der Waals surface area contributed by atoms with Crippen LogP contribution in [0.5, 0.6) is 0 Å². The Labute approximate surface area is 168 Å². The van der Waals surface area contributed by atoms with Crippen LogP contribution in [0.2, 0.25) is 0 Å². The highest BCUT2D eigenvalue weighted by molar-refractivity contribution is 7.92. The molecule has 7 heteroatoms. The Bertz CT molecular complexity index is 1110. The van der Waals surface area contributed by atoms with E-state index >= 15 is 0 Å². The minimum Gasteiger partial charge on any atom is -0.311 e. The van der Waals surface area contributed by atoms with E-state index in [2.05, 4.69) is 4.98 Å². The van der Waals surface area contributed by atoms with E-state index in [1.807, 2.05) is 54.6 Å². The molecule has 2 heterocycles. The van der Waals surface area contributed by atoms with Crippen molar-refractivity contribution in [3.05, 3.63) is 71.2 Å². The summed E-state index contributed by atoms with van der Waals surface area (Å²) in [5, 5.41) is 1.42. The number of sulfone groups is 1. The summed E-state index contributed by atoms with van der Waals surface area (Å²) in [5.41, 5.74) is 3.32. The summed E-state index contributed by atoms with van der Waals surface area (Å²) in [5.74, 6) is -0.609. The second-order valence-corrected chi connectivity index (χ2v) is 10.0. The SMILES string of the molecule is C[C@@H](C(=O)N1CCc2ccccc21)S(=O)(=O)Cc1csc(-c2ccccc2)n1. The van der Waals surface area contributed by atoms with Gasteiger partial charge in [-0.05, 0) is 25.0 Å². The van der Waals surface area contributed by atoms with Crippen LogP contribution in [0.3, 0.4) is 0 Å². The zero-order valence-corrected chi connectivity index (χ0v) is 17.0. The molecule has 2 aromatic carbocycles. The van der Waals surface area contributed by atoms with Crippen molar-refractivity contribution in [3.8, 4) is 10.6 Å². The summed E-state index contributed by atoms with van der Waals surface area (Å²) in [7, 11) is -3.67. The summed E-state index contributed by atoms with van der Waals surface area (Å²) in [6, 6.07) is 17.3. The van der Waals surface area contributed by atoms with Crippen LogP contribution in [0.15, 0.2) is 60.0 Å². The van der Waals surface area contributed by atoms with Crippen molar-refractivity contribution in [2.75, 3.05) is 11.4 Å². The van der Waals surface area contributed by atoms with Gasteiger partial charge in [0, 0.05) is 23.2 Å². The number of benzene rings is 2. The van der Waals surface area contributed by atoms with Gasteiger partial charge in [0.15, 0.2) is 9.84 Å². The Morgan fingerprint density at radius 1 is 1.14 bits per heavy atom. The highest BCUT2D eigenvalue weighted by atomic mass is 32.2. The number of para-hydroxylation sites is 1. The molecule has 1 aromatic heterocycles. The number of nitrogens with zero attached hydrogens (tertiary/aromatic N) is 2. The molecule has 1 aliphatic heterocycles. The highest BCUT2D eigenvalue weighted by Crippen LogP contribution is 2.29. The first-order chi connectivity index (χ1) is 13.5. The van der Waals surface area contributed by atoms with Crippen LogP contribution in [-0.4, -0.2) is 31.1 Å². The number of hydrogen-bond acceptors (Lipinski definition) is 5. The van der Waals surface area contributed by atoms with Crippen molar-refractivity contribution in [3.63, 3.8) is 0 Å². The molecule has 0 saturated carbocycles. The van der Waals surface area contributed by atoms with Gasteiger partial charge in [0.1, 0.15) is 10.3 Å². The number of aromatic nitrogens is 1. The van der Waals surface area contributed by atoms with E-state index in [9.17, 15) is 13.2 Å². The van der Waals surface area contributed by atoms with Gasteiger partial charge in [-0.2, -0.15) is 0 Å². The Balaban J connectivity index is 1.51. The average Bonchev–Trinajstić information content (AvgIpc) is 3.34. The molecular formula is C21H20N2O3S2. The van der Waals surface area contributed by atoms with E-state index in [0.29, 0.717) is 12.2 Å². The van der Waals surface area contributed by atoms with Gasteiger partial charge < -0.3 is 4.90 Å². The number of carbonyl (C=O) groups excluding carboxylic acids is 1. The normalized spacial score (nSPS) is 14.7. The van der Waals surface area contributed by atoms with Crippen molar-refractivity contribution < 1.29 is 13.2 Å².